The van der Waals surface area contributed by atoms with Gasteiger partial charge in [0.1, 0.15) is 11.6 Å². The van der Waals surface area contributed by atoms with E-state index in [0.29, 0.717) is 5.56 Å². The molecular weight excluding hydrogens is 421 g/mol. The molecule has 0 heterocycles. The largest absolute Gasteiger partial charge is 0.508 e. The van der Waals surface area contributed by atoms with Crippen LogP contribution in [0.1, 0.15) is 16.7 Å². The van der Waals surface area contributed by atoms with Crippen molar-refractivity contribution in [3.8, 4) is 5.75 Å². The second-order valence-corrected chi connectivity index (χ2v) is 7.40. The number of nitrogens with one attached hydrogen (secondary N) is 1. The van der Waals surface area contributed by atoms with Gasteiger partial charge in [0.05, 0.1) is 0 Å². The van der Waals surface area contributed by atoms with Gasteiger partial charge in [-0.2, -0.15) is 0 Å². The molecular formula is C27H22FNO4. The van der Waals surface area contributed by atoms with Crippen molar-refractivity contribution in [1.82, 2.24) is 0 Å². The minimum absolute atomic E-state index is 0.0754. The number of hydrogen-bond donors (Lipinski definition) is 2. The molecule has 0 bridgehead atoms. The number of anilines is 1. The van der Waals surface area contributed by atoms with Crippen molar-refractivity contribution in [2.45, 2.75) is 6.92 Å². The molecule has 33 heavy (non-hydrogen) atoms. The number of carbonyl (C=O) groups excluding carboxylic acids is 3. The van der Waals surface area contributed by atoms with Crippen molar-refractivity contribution >= 4 is 35.3 Å². The number of amides is 1. The number of halogens is 1. The second-order valence-electron chi connectivity index (χ2n) is 7.40. The number of hydrogen-bond acceptors (Lipinski definition) is 4. The molecule has 1 unspecified atom stereocenters. The molecule has 3 rings (SSSR count). The fourth-order valence-corrected chi connectivity index (χ4v) is 2.96. The molecule has 1 amide bonds. The quantitative estimate of drug-likeness (QED) is 0.381. The number of carbonyl (C=O) groups is 3. The Morgan fingerprint density at radius 3 is 1.79 bits per heavy atom. The maximum absolute atomic E-state index is 13.2. The smallest absolute Gasteiger partial charge is 0.243 e. The van der Waals surface area contributed by atoms with Crippen LogP contribution in [0.2, 0.25) is 0 Å². The highest BCUT2D eigenvalue weighted by Gasteiger charge is 2.31. The zero-order valence-corrected chi connectivity index (χ0v) is 17.9. The Hall–Kier alpha value is -4.32. The van der Waals surface area contributed by atoms with Crippen LogP contribution in [0.5, 0.6) is 5.75 Å². The van der Waals surface area contributed by atoms with E-state index in [-0.39, 0.29) is 11.4 Å². The van der Waals surface area contributed by atoms with Crippen molar-refractivity contribution in [2.75, 3.05) is 5.32 Å². The van der Waals surface area contributed by atoms with Crippen LogP contribution in [0.3, 0.4) is 0 Å². The lowest BCUT2D eigenvalue weighted by atomic mass is 9.95. The fourth-order valence-electron chi connectivity index (χ4n) is 2.96. The maximum Gasteiger partial charge on any atom is 0.243 e. The number of ketones is 2. The lowest BCUT2D eigenvalue weighted by Gasteiger charge is -2.12. The molecule has 0 aliphatic rings. The average Bonchev–Trinajstić information content (AvgIpc) is 2.80. The number of phenolic OH excluding ortho intramolecular Hbond substituents is 1. The van der Waals surface area contributed by atoms with Gasteiger partial charge in [-0.05, 0) is 66.6 Å². The third-order valence-corrected chi connectivity index (χ3v) is 4.79. The van der Waals surface area contributed by atoms with Crippen molar-refractivity contribution in [3.05, 3.63) is 107 Å². The van der Waals surface area contributed by atoms with Gasteiger partial charge in [0.15, 0.2) is 17.5 Å². The molecule has 1 atom stereocenters. The molecule has 3 aromatic carbocycles. The minimum Gasteiger partial charge on any atom is -0.508 e. The molecule has 6 heteroatoms. The van der Waals surface area contributed by atoms with Gasteiger partial charge in [0, 0.05) is 5.69 Å². The van der Waals surface area contributed by atoms with Gasteiger partial charge >= 0.3 is 0 Å². The van der Waals surface area contributed by atoms with E-state index >= 15 is 0 Å². The van der Waals surface area contributed by atoms with Gasteiger partial charge < -0.3 is 10.4 Å². The molecule has 0 saturated carbocycles. The van der Waals surface area contributed by atoms with E-state index in [4.69, 9.17) is 0 Å². The van der Waals surface area contributed by atoms with Crippen LogP contribution in [-0.4, -0.2) is 22.6 Å². The van der Waals surface area contributed by atoms with E-state index in [2.05, 4.69) is 5.32 Å². The zero-order valence-electron chi connectivity index (χ0n) is 17.9. The molecule has 3 aromatic rings. The van der Waals surface area contributed by atoms with E-state index in [9.17, 15) is 23.9 Å². The lowest BCUT2D eigenvalue weighted by Crippen LogP contribution is -2.34. The molecule has 2 N–H and O–H groups in total. The summed E-state index contributed by atoms with van der Waals surface area (Å²) in [5, 5.41) is 11.9. The molecule has 0 spiro atoms. The molecule has 0 aliphatic carbocycles. The summed E-state index contributed by atoms with van der Waals surface area (Å²) in [6, 6.07) is 18.5. The SMILES string of the molecule is Cc1ccc(/C=C/C(=O)C(C(=O)/C=C/c2ccc(O)cc2)C(=O)Nc2ccc(F)cc2)cc1. The van der Waals surface area contributed by atoms with Crippen LogP contribution >= 0.6 is 0 Å². The zero-order chi connectivity index (χ0) is 23.8. The summed E-state index contributed by atoms with van der Waals surface area (Å²) in [4.78, 5) is 38.6. The highest BCUT2D eigenvalue weighted by atomic mass is 19.1. The molecule has 0 aliphatic heterocycles. The van der Waals surface area contributed by atoms with E-state index in [0.717, 1.165) is 29.3 Å². The van der Waals surface area contributed by atoms with E-state index in [1.165, 1.54) is 42.5 Å². The highest BCUT2D eigenvalue weighted by Crippen LogP contribution is 2.15. The standard InChI is InChI=1S/C27H22FNO4/c1-18-2-4-19(5-3-18)8-16-24(31)26(27(33)29-22-12-10-21(28)11-13-22)25(32)17-9-20-6-14-23(30)15-7-20/h2-17,26,30H,1H3,(H,29,33)/b16-8+,17-9+. The summed E-state index contributed by atoms with van der Waals surface area (Å²) < 4.78 is 13.2. The third kappa shape index (κ3) is 6.83. The Bertz CT molecular complexity index is 1130. The van der Waals surface area contributed by atoms with Gasteiger partial charge in [-0.1, -0.05) is 54.1 Å². The molecule has 0 fully saturated rings. The Balaban J connectivity index is 1.83. The van der Waals surface area contributed by atoms with E-state index < -0.39 is 29.2 Å². The number of rotatable bonds is 8. The van der Waals surface area contributed by atoms with Crippen molar-refractivity contribution in [2.24, 2.45) is 5.92 Å². The van der Waals surface area contributed by atoms with Gasteiger partial charge in [-0.25, -0.2) is 4.39 Å². The van der Waals surface area contributed by atoms with Crippen molar-refractivity contribution in [1.29, 1.82) is 0 Å². The Labute approximate surface area is 190 Å². The van der Waals surface area contributed by atoms with Gasteiger partial charge in [-0.15, -0.1) is 0 Å². The van der Waals surface area contributed by atoms with Crippen LogP contribution in [0, 0.1) is 18.7 Å². The first-order valence-electron chi connectivity index (χ1n) is 10.2. The first-order valence-corrected chi connectivity index (χ1v) is 10.2. The molecule has 5 nitrogen and oxygen atoms in total. The average molecular weight is 443 g/mol. The number of phenols is 1. The first-order chi connectivity index (χ1) is 15.8. The second kappa shape index (κ2) is 10.8. The Kier molecular flexibility index (Phi) is 7.65. The third-order valence-electron chi connectivity index (χ3n) is 4.79. The van der Waals surface area contributed by atoms with Gasteiger partial charge in [0.2, 0.25) is 5.91 Å². The Morgan fingerprint density at radius 2 is 1.27 bits per heavy atom. The summed E-state index contributed by atoms with van der Waals surface area (Å²) in [6.45, 7) is 1.94. The summed E-state index contributed by atoms with van der Waals surface area (Å²) in [5.41, 5.74) is 2.68. The van der Waals surface area contributed by atoms with Crippen LogP contribution in [0.15, 0.2) is 84.9 Å². The van der Waals surface area contributed by atoms with Crippen molar-refractivity contribution in [3.63, 3.8) is 0 Å². The number of allylic oxidation sites excluding steroid dienone is 2. The van der Waals surface area contributed by atoms with Crippen LogP contribution in [0.4, 0.5) is 10.1 Å². The number of aryl methyl sites for hydroxylation is 1. The van der Waals surface area contributed by atoms with E-state index in [1.807, 2.05) is 31.2 Å². The monoisotopic (exact) mass is 443 g/mol. The van der Waals surface area contributed by atoms with E-state index in [1.54, 1.807) is 12.1 Å². The normalized spacial score (nSPS) is 12.1. The Morgan fingerprint density at radius 1 is 0.788 bits per heavy atom. The summed E-state index contributed by atoms with van der Waals surface area (Å²) in [6.07, 6.45) is 5.35. The van der Waals surface area contributed by atoms with Crippen LogP contribution in [-0.2, 0) is 14.4 Å². The minimum atomic E-state index is -1.62. The predicted molar refractivity (Wildman–Crippen MR) is 126 cm³/mol. The van der Waals surface area contributed by atoms with Crippen LogP contribution < -0.4 is 5.32 Å². The summed E-state index contributed by atoms with van der Waals surface area (Å²) in [7, 11) is 0. The lowest BCUT2D eigenvalue weighted by molar-refractivity contribution is -0.134. The first kappa shape index (κ1) is 23.3. The molecule has 0 saturated heterocycles. The molecule has 0 radical (unpaired) electrons. The maximum atomic E-state index is 13.2. The molecule has 166 valence electrons. The topological polar surface area (TPSA) is 83.5 Å². The summed E-state index contributed by atoms with van der Waals surface area (Å²) >= 11 is 0. The highest BCUT2D eigenvalue weighted by molar-refractivity contribution is 6.28. The van der Waals surface area contributed by atoms with Gasteiger partial charge in [-0.3, -0.25) is 14.4 Å². The van der Waals surface area contributed by atoms with Crippen LogP contribution in [0.25, 0.3) is 12.2 Å². The predicted octanol–water partition coefficient (Wildman–Crippen LogP) is 4.96. The van der Waals surface area contributed by atoms with Crippen molar-refractivity contribution < 1.29 is 23.9 Å². The number of aromatic hydroxyl groups is 1. The summed E-state index contributed by atoms with van der Waals surface area (Å²) in [5.74, 6) is -4.23. The number of benzene rings is 3. The fraction of sp³-hybridized carbons (Fsp3) is 0.0741. The molecule has 0 aromatic heterocycles. The van der Waals surface area contributed by atoms with Gasteiger partial charge in [0.25, 0.3) is 0 Å².